The smallest absolute Gasteiger partial charge is 0.184 e. The number of hydrogen-bond acceptors (Lipinski definition) is 2. The lowest BCUT2D eigenvalue weighted by Crippen LogP contribution is -2.36. The van der Waals surface area contributed by atoms with Crippen LogP contribution in [0.25, 0.3) is 34.0 Å². The summed E-state index contributed by atoms with van der Waals surface area (Å²) in [5.41, 5.74) is 7.43. The third kappa shape index (κ3) is 6.13. The third-order valence-electron chi connectivity index (χ3n) is 8.98. The minimum Gasteiger partial charge on any atom is -0.471 e. The summed E-state index contributed by atoms with van der Waals surface area (Å²) >= 11 is 6.21. The van der Waals surface area contributed by atoms with Gasteiger partial charge in [-0.25, -0.2) is 4.98 Å². The number of halogens is 1. The maximum absolute atomic E-state index is 7.41. The van der Waals surface area contributed by atoms with Crippen molar-refractivity contribution in [3.05, 3.63) is 215 Å². The Balaban J connectivity index is 1.16. The molecule has 8 rings (SSSR count). The maximum Gasteiger partial charge on any atom is 0.184 e. The molecule has 2 heterocycles. The fraction of sp³-hybridized carbons (Fsp3) is 0.0444. The molecular weight excluding hydrogens is 620 g/mol. The van der Waals surface area contributed by atoms with Gasteiger partial charge in [0.15, 0.2) is 5.60 Å². The summed E-state index contributed by atoms with van der Waals surface area (Å²) < 4.78 is 9.70. The van der Waals surface area contributed by atoms with E-state index in [0.717, 1.165) is 55.5 Å². The number of aromatic nitrogens is 2. The van der Waals surface area contributed by atoms with Gasteiger partial charge in [0.25, 0.3) is 0 Å². The van der Waals surface area contributed by atoms with E-state index in [1.54, 1.807) is 0 Å². The first-order chi connectivity index (χ1) is 24.2. The van der Waals surface area contributed by atoms with Crippen LogP contribution in [-0.4, -0.2) is 9.55 Å². The van der Waals surface area contributed by atoms with Crippen LogP contribution in [-0.2, 0) is 12.1 Å². The molecule has 0 unspecified atom stereocenters. The number of para-hydroxylation sites is 1. The van der Waals surface area contributed by atoms with Gasteiger partial charge in [0.1, 0.15) is 5.75 Å². The second kappa shape index (κ2) is 13.3. The van der Waals surface area contributed by atoms with Gasteiger partial charge in [0.2, 0.25) is 0 Å². The molecule has 8 aromatic rings. The number of benzene rings is 6. The molecule has 0 amide bonds. The molecule has 49 heavy (non-hydrogen) atoms. The van der Waals surface area contributed by atoms with Crippen LogP contribution in [0.1, 0.15) is 33.5 Å². The Morgan fingerprint density at radius 3 is 1.94 bits per heavy atom. The van der Waals surface area contributed by atoms with E-state index in [4.69, 9.17) is 21.3 Å². The highest BCUT2D eigenvalue weighted by atomic mass is 35.5. The molecule has 0 aliphatic rings. The van der Waals surface area contributed by atoms with Crippen molar-refractivity contribution in [2.75, 3.05) is 0 Å². The second-order valence-electron chi connectivity index (χ2n) is 12.2. The summed E-state index contributed by atoms with van der Waals surface area (Å²) in [6, 6.07) is 58.5. The molecule has 0 N–H and O–H groups in total. The van der Waals surface area contributed by atoms with E-state index in [2.05, 4.69) is 144 Å². The van der Waals surface area contributed by atoms with Gasteiger partial charge >= 0.3 is 0 Å². The molecule has 3 nitrogen and oxygen atoms in total. The first-order valence-corrected chi connectivity index (χ1v) is 16.8. The highest BCUT2D eigenvalue weighted by Crippen LogP contribution is 2.43. The van der Waals surface area contributed by atoms with Crippen molar-refractivity contribution in [1.82, 2.24) is 9.55 Å². The molecular formula is C45H33ClN2O. The van der Waals surface area contributed by atoms with Gasteiger partial charge in [-0.2, -0.15) is 0 Å². The number of hydrogen-bond donors (Lipinski definition) is 0. The molecule has 0 aliphatic carbocycles. The van der Waals surface area contributed by atoms with E-state index >= 15 is 0 Å². The van der Waals surface area contributed by atoms with Crippen LogP contribution < -0.4 is 4.74 Å². The van der Waals surface area contributed by atoms with Crippen LogP contribution in [0.2, 0.25) is 5.02 Å². The minimum atomic E-state index is -0.875. The van der Waals surface area contributed by atoms with E-state index in [1.165, 1.54) is 5.56 Å². The summed E-state index contributed by atoms with van der Waals surface area (Å²) in [6.07, 6.45) is 6.31. The Kier molecular flexibility index (Phi) is 8.27. The van der Waals surface area contributed by atoms with E-state index in [0.29, 0.717) is 11.6 Å². The van der Waals surface area contributed by atoms with Crippen molar-refractivity contribution in [3.8, 4) is 5.75 Å². The summed E-state index contributed by atoms with van der Waals surface area (Å²) in [5, 5.41) is 2.88. The van der Waals surface area contributed by atoms with Crippen LogP contribution in [0.3, 0.4) is 0 Å². The highest BCUT2D eigenvalue weighted by molar-refractivity contribution is 6.31. The number of rotatable bonds is 9. The van der Waals surface area contributed by atoms with Gasteiger partial charge in [-0.1, -0.05) is 151 Å². The molecule has 0 saturated carbocycles. The number of ether oxygens (including phenoxy) is 1. The number of pyridine rings is 1. The predicted molar refractivity (Wildman–Crippen MR) is 203 cm³/mol. The Morgan fingerprint density at radius 2 is 1.24 bits per heavy atom. The summed E-state index contributed by atoms with van der Waals surface area (Å²) in [4.78, 5) is 4.78. The van der Waals surface area contributed by atoms with E-state index in [1.807, 2.05) is 48.5 Å². The standard InChI is InChI=1S/C45H33ClN2O/c46-40-25-23-35-24-27-41(47-42(35)31-40)26-22-33-12-10-13-34(30-33)32-48-29-28-36-14-11-21-43(44(36)48)49-45(37-15-4-1-5-16-37,38-17-6-2-7-18-38)39-19-8-3-9-20-39/h1-31H,32H2. The molecule has 6 aromatic carbocycles. The topological polar surface area (TPSA) is 27.1 Å². The van der Waals surface area contributed by atoms with Gasteiger partial charge in [0, 0.05) is 45.2 Å². The zero-order chi connectivity index (χ0) is 33.0. The normalized spacial score (nSPS) is 11.8. The average Bonchev–Trinajstić information content (AvgIpc) is 3.57. The lowest BCUT2D eigenvalue weighted by molar-refractivity contribution is 0.157. The largest absolute Gasteiger partial charge is 0.471 e. The monoisotopic (exact) mass is 652 g/mol. The Hall–Kier alpha value is -5.90. The van der Waals surface area contributed by atoms with E-state index < -0.39 is 5.60 Å². The molecule has 2 aromatic heterocycles. The summed E-state index contributed by atoms with van der Waals surface area (Å²) in [5.74, 6) is 0.817. The van der Waals surface area contributed by atoms with Crippen LogP contribution in [0.4, 0.5) is 0 Å². The predicted octanol–water partition coefficient (Wildman–Crippen LogP) is 11.4. The fourth-order valence-electron chi connectivity index (χ4n) is 6.67. The lowest BCUT2D eigenvalue weighted by Gasteiger charge is -2.36. The van der Waals surface area contributed by atoms with E-state index in [9.17, 15) is 0 Å². The van der Waals surface area contributed by atoms with Crippen LogP contribution in [0.15, 0.2) is 176 Å². The summed E-state index contributed by atoms with van der Waals surface area (Å²) in [6.45, 7) is 0.688. The molecule has 236 valence electrons. The Bertz CT molecular complexity index is 2300. The molecule has 0 saturated heterocycles. The molecule has 4 heteroatoms. The molecule has 0 spiro atoms. The number of nitrogens with zero attached hydrogens (tertiary/aromatic N) is 2. The van der Waals surface area contributed by atoms with Crippen LogP contribution in [0.5, 0.6) is 5.75 Å². The third-order valence-corrected chi connectivity index (χ3v) is 9.22. The molecule has 0 atom stereocenters. The first-order valence-electron chi connectivity index (χ1n) is 16.4. The zero-order valence-electron chi connectivity index (χ0n) is 26.8. The van der Waals surface area contributed by atoms with Gasteiger partial charge in [-0.05, 0) is 53.6 Å². The van der Waals surface area contributed by atoms with Gasteiger partial charge in [-0.15, -0.1) is 0 Å². The molecule has 0 aliphatic heterocycles. The SMILES string of the molecule is Clc1ccc2ccc(C=Cc3cccc(Cn4ccc5cccc(OC(c6ccccc6)(c6ccccc6)c6ccccc6)c54)c3)nc2c1. The molecule has 0 radical (unpaired) electrons. The highest BCUT2D eigenvalue weighted by Gasteiger charge is 2.39. The maximum atomic E-state index is 7.41. The molecule has 0 bridgehead atoms. The van der Waals surface area contributed by atoms with Gasteiger partial charge in [0.05, 0.1) is 16.7 Å². The van der Waals surface area contributed by atoms with Crippen molar-refractivity contribution in [2.24, 2.45) is 0 Å². The van der Waals surface area contributed by atoms with Crippen molar-refractivity contribution >= 4 is 45.6 Å². The Morgan fingerprint density at radius 1 is 0.592 bits per heavy atom. The van der Waals surface area contributed by atoms with Gasteiger partial charge < -0.3 is 9.30 Å². The van der Waals surface area contributed by atoms with Crippen molar-refractivity contribution in [2.45, 2.75) is 12.1 Å². The van der Waals surface area contributed by atoms with Crippen LogP contribution >= 0.6 is 11.6 Å². The van der Waals surface area contributed by atoms with Crippen molar-refractivity contribution in [1.29, 1.82) is 0 Å². The van der Waals surface area contributed by atoms with E-state index in [-0.39, 0.29) is 0 Å². The van der Waals surface area contributed by atoms with Crippen LogP contribution in [0, 0.1) is 0 Å². The van der Waals surface area contributed by atoms with Crippen molar-refractivity contribution < 1.29 is 4.74 Å². The lowest BCUT2D eigenvalue weighted by atomic mass is 9.80. The number of fused-ring (bicyclic) bond motifs is 2. The average molecular weight is 653 g/mol. The molecule has 0 fully saturated rings. The minimum absolute atomic E-state index is 0.686. The fourth-order valence-corrected chi connectivity index (χ4v) is 6.84. The van der Waals surface area contributed by atoms with Crippen molar-refractivity contribution in [3.63, 3.8) is 0 Å². The Labute approximate surface area is 291 Å². The van der Waals surface area contributed by atoms with Gasteiger partial charge in [-0.3, -0.25) is 0 Å². The quantitative estimate of drug-likeness (QED) is 0.145. The second-order valence-corrected chi connectivity index (χ2v) is 12.6. The summed E-state index contributed by atoms with van der Waals surface area (Å²) in [7, 11) is 0. The first kappa shape index (κ1) is 30.4. The zero-order valence-corrected chi connectivity index (χ0v) is 27.5.